The van der Waals surface area contributed by atoms with Crippen molar-refractivity contribution in [1.29, 1.82) is 0 Å². The Hall–Kier alpha value is -1.59. The summed E-state index contributed by atoms with van der Waals surface area (Å²) < 4.78 is 0. The van der Waals surface area contributed by atoms with Gasteiger partial charge in [0.15, 0.2) is 0 Å². The van der Waals surface area contributed by atoms with E-state index in [1.807, 2.05) is 17.0 Å². The quantitative estimate of drug-likeness (QED) is 0.924. The summed E-state index contributed by atoms with van der Waals surface area (Å²) in [6, 6.07) is 7.13. The maximum absolute atomic E-state index is 12.0. The second-order valence-electron chi connectivity index (χ2n) is 5.51. The Morgan fingerprint density at radius 2 is 2.05 bits per heavy atom. The third-order valence-electron chi connectivity index (χ3n) is 3.80. The van der Waals surface area contributed by atoms with Gasteiger partial charge in [0, 0.05) is 50.2 Å². The maximum atomic E-state index is 12.0. The van der Waals surface area contributed by atoms with Gasteiger partial charge in [-0.1, -0.05) is 17.7 Å². The largest absolute Gasteiger partial charge is 0.342 e. The molecule has 0 bridgehead atoms. The molecule has 1 fully saturated rings. The van der Waals surface area contributed by atoms with E-state index in [2.05, 4.69) is 10.2 Å². The first-order valence-corrected chi connectivity index (χ1v) is 7.95. The first kappa shape index (κ1) is 16.8. The van der Waals surface area contributed by atoms with Gasteiger partial charge >= 0.3 is 0 Å². The Kier molecular flexibility index (Phi) is 6.21. The molecule has 5 nitrogen and oxygen atoms in total. The molecule has 1 saturated heterocycles. The van der Waals surface area contributed by atoms with Crippen molar-refractivity contribution in [2.24, 2.45) is 0 Å². The molecule has 0 radical (unpaired) electrons. The summed E-state index contributed by atoms with van der Waals surface area (Å²) in [5, 5.41) is 3.46. The van der Waals surface area contributed by atoms with Crippen molar-refractivity contribution in [1.82, 2.24) is 9.80 Å². The molecule has 1 aliphatic heterocycles. The number of nitrogens with zero attached hydrogens (tertiary/aromatic N) is 2. The summed E-state index contributed by atoms with van der Waals surface area (Å²) in [5.74, 6) is 0.107. The van der Waals surface area contributed by atoms with E-state index in [9.17, 15) is 9.59 Å². The van der Waals surface area contributed by atoms with Crippen LogP contribution in [0.5, 0.6) is 0 Å². The lowest BCUT2D eigenvalue weighted by Crippen LogP contribution is -2.34. The molecule has 1 N–H and O–H groups in total. The van der Waals surface area contributed by atoms with Crippen LogP contribution in [0.2, 0.25) is 5.02 Å². The highest BCUT2D eigenvalue weighted by Gasteiger charge is 2.16. The van der Waals surface area contributed by atoms with Crippen molar-refractivity contribution in [2.45, 2.75) is 19.8 Å². The number of hydrogen-bond donors (Lipinski definition) is 1. The van der Waals surface area contributed by atoms with Gasteiger partial charge in [-0.05, 0) is 31.2 Å². The van der Waals surface area contributed by atoms with Gasteiger partial charge in [0.1, 0.15) is 0 Å². The topological polar surface area (TPSA) is 52.7 Å². The normalized spacial score (nSPS) is 16.2. The van der Waals surface area contributed by atoms with E-state index in [0.29, 0.717) is 18.0 Å². The minimum Gasteiger partial charge on any atom is -0.342 e. The average Bonchev–Trinajstić information content (AvgIpc) is 2.71. The van der Waals surface area contributed by atoms with E-state index in [4.69, 9.17) is 11.6 Å². The van der Waals surface area contributed by atoms with Crippen LogP contribution in [0.15, 0.2) is 24.3 Å². The molecule has 22 heavy (non-hydrogen) atoms. The number of amides is 2. The van der Waals surface area contributed by atoms with Crippen LogP contribution in [-0.4, -0.2) is 54.3 Å². The predicted molar refractivity (Wildman–Crippen MR) is 88.0 cm³/mol. The van der Waals surface area contributed by atoms with Gasteiger partial charge in [-0.25, -0.2) is 0 Å². The second-order valence-corrected chi connectivity index (χ2v) is 5.95. The number of benzene rings is 1. The highest BCUT2D eigenvalue weighted by atomic mass is 35.5. The molecule has 0 unspecified atom stereocenters. The zero-order valence-corrected chi connectivity index (χ0v) is 13.6. The van der Waals surface area contributed by atoms with Crippen LogP contribution in [0.4, 0.5) is 5.69 Å². The minimum atomic E-state index is -0.0186. The third kappa shape index (κ3) is 5.31. The zero-order chi connectivity index (χ0) is 15.9. The Bertz CT molecular complexity index is 536. The Morgan fingerprint density at radius 3 is 2.77 bits per heavy atom. The summed E-state index contributed by atoms with van der Waals surface area (Å²) in [6.45, 7) is 5.61. The molecule has 0 spiro atoms. The molecule has 2 amide bonds. The zero-order valence-electron chi connectivity index (χ0n) is 12.8. The minimum absolute atomic E-state index is 0.0186. The highest BCUT2D eigenvalue weighted by molar-refractivity contribution is 6.30. The van der Waals surface area contributed by atoms with Gasteiger partial charge in [-0.2, -0.15) is 0 Å². The third-order valence-corrected chi connectivity index (χ3v) is 4.03. The SMILES string of the molecule is CC(=O)N1CCCN(CCC(=O)Nc2cccc(Cl)c2)CC1. The van der Waals surface area contributed by atoms with Crippen molar-refractivity contribution >= 4 is 29.1 Å². The van der Waals surface area contributed by atoms with Crippen LogP contribution in [0, 0.1) is 0 Å². The van der Waals surface area contributed by atoms with Gasteiger partial charge < -0.3 is 15.1 Å². The molecular weight excluding hydrogens is 302 g/mol. The number of hydrogen-bond acceptors (Lipinski definition) is 3. The van der Waals surface area contributed by atoms with Gasteiger partial charge in [0.05, 0.1) is 0 Å². The highest BCUT2D eigenvalue weighted by Crippen LogP contribution is 2.15. The van der Waals surface area contributed by atoms with Gasteiger partial charge in [-0.15, -0.1) is 0 Å². The van der Waals surface area contributed by atoms with Crippen molar-refractivity contribution in [3.8, 4) is 0 Å². The van der Waals surface area contributed by atoms with E-state index >= 15 is 0 Å². The maximum Gasteiger partial charge on any atom is 0.225 e. The number of anilines is 1. The molecule has 1 heterocycles. The number of halogens is 1. The molecule has 1 aromatic rings. The second kappa shape index (κ2) is 8.15. The lowest BCUT2D eigenvalue weighted by molar-refractivity contribution is -0.128. The van der Waals surface area contributed by atoms with Crippen molar-refractivity contribution < 1.29 is 9.59 Å². The number of carbonyl (C=O) groups is 2. The summed E-state index contributed by atoms with van der Waals surface area (Å²) in [5.41, 5.74) is 0.719. The van der Waals surface area contributed by atoms with Crippen molar-refractivity contribution in [3.05, 3.63) is 29.3 Å². The molecule has 2 rings (SSSR count). The standard InChI is InChI=1S/C16H22ClN3O2/c1-13(21)20-8-3-7-19(10-11-20)9-6-16(22)18-15-5-2-4-14(17)12-15/h2,4-5,12H,3,6-11H2,1H3,(H,18,22). The molecular formula is C16H22ClN3O2. The van der Waals surface area contributed by atoms with E-state index in [1.165, 1.54) is 0 Å². The average molecular weight is 324 g/mol. The van der Waals surface area contributed by atoms with Gasteiger partial charge in [-0.3, -0.25) is 9.59 Å². The molecule has 1 aromatic carbocycles. The summed E-state index contributed by atoms with van der Waals surface area (Å²) in [7, 11) is 0. The Morgan fingerprint density at radius 1 is 1.23 bits per heavy atom. The molecule has 120 valence electrons. The van der Waals surface area contributed by atoms with E-state index < -0.39 is 0 Å². The molecule has 0 saturated carbocycles. The monoisotopic (exact) mass is 323 g/mol. The molecule has 1 aliphatic rings. The number of rotatable bonds is 4. The lowest BCUT2D eigenvalue weighted by Gasteiger charge is -2.20. The van der Waals surface area contributed by atoms with Gasteiger partial charge in [0.25, 0.3) is 0 Å². The van der Waals surface area contributed by atoms with Crippen LogP contribution in [0.3, 0.4) is 0 Å². The predicted octanol–water partition coefficient (Wildman–Crippen LogP) is 2.22. The Labute approximate surface area is 136 Å². The number of carbonyl (C=O) groups excluding carboxylic acids is 2. The number of nitrogens with one attached hydrogen (secondary N) is 1. The summed E-state index contributed by atoms with van der Waals surface area (Å²) >= 11 is 5.89. The fourth-order valence-electron chi connectivity index (χ4n) is 2.56. The van der Waals surface area contributed by atoms with Crippen LogP contribution < -0.4 is 5.32 Å². The molecule has 0 atom stereocenters. The Balaban J connectivity index is 1.75. The fourth-order valence-corrected chi connectivity index (χ4v) is 2.75. The van der Waals surface area contributed by atoms with Crippen LogP contribution in [-0.2, 0) is 9.59 Å². The fraction of sp³-hybridized carbons (Fsp3) is 0.500. The van der Waals surface area contributed by atoms with E-state index in [-0.39, 0.29) is 11.8 Å². The molecule has 6 heteroatoms. The summed E-state index contributed by atoms with van der Waals surface area (Å²) in [4.78, 5) is 27.5. The first-order valence-electron chi connectivity index (χ1n) is 7.58. The van der Waals surface area contributed by atoms with Gasteiger partial charge in [0.2, 0.25) is 11.8 Å². The summed E-state index contributed by atoms with van der Waals surface area (Å²) in [6.07, 6.45) is 1.39. The van der Waals surface area contributed by atoms with Crippen LogP contribution in [0.1, 0.15) is 19.8 Å². The first-order chi connectivity index (χ1) is 10.5. The smallest absolute Gasteiger partial charge is 0.225 e. The van der Waals surface area contributed by atoms with Crippen LogP contribution >= 0.6 is 11.6 Å². The van der Waals surface area contributed by atoms with Crippen molar-refractivity contribution in [3.63, 3.8) is 0 Å². The van der Waals surface area contributed by atoms with E-state index in [0.717, 1.165) is 38.3 Å². The molecule has 0 aliphatic carbocycles. The molecule has 0 aromatic heterocycles. The van der Waals surface area contributed by atoms with Crippen LogP contribution in [0.25, 0.3) is 0 Å². The van der Waals surface area contributed by atoms with Crippen molar-refractivity contribution in [2.75, 3.05) is 38.0 Å². The lowest BCUT2D eigenvalue weighted by atomic mass is 10.3. The van der Waals surface area contributed by atoms with E-state index in [1.54, 1.807) is 19.1 Å².